The number of aldehydes is 1. The number of carbonyl (C=O) groups excluding carboxylic acids is 1. The smallest absolute Gasteiger partial charge is 0.232 e. The highest BCUT2D eigenvalue weighted by Crippen LogP contribution is 2.32. The third-order valence-corrected chi connectivity index (χ3v) is 5.73. The molecule has 31 heavy (non-hydrogen) atoms. The van der Waals surface area contributed by atoms with Crippen LogP contribution in [-0.4, -0.2) is 43.0 Å². The summed E-state index contributed by atoms with van der Waals surface area (Å²) in [5, 5.41) is 6.28. The predicted octanol–water partition coefficient (Wildman–Crippen LogP) is 3.49. The zero-order valence-electron chi connectivity index (χ0n) is 18.0. The zero-order valence-corrected chi connectivity index (χ0v) is 18.8. The van der Waals surface area contributed by atoms with Crippen molar-refractivity contribution >= 4 is 45.0 Å². The van der Waals surface area contributed by atoms with Gasteiger partial charge in [0.05, 0.1) is 28.9 Å². The Morgan fingerprint density at radius 3 is 2.35 bits per heavy atom. The number of benzene rings is 1. The monoisotopic (exact) mass is 440 g/mol. The molecule has 3 aromatic rings. The van der Waals surface area contributed by atoms with Gasteiger partial charge >= 0.3 is 0 Å². The number of hydrogen-bond donors (Lipinski definition) is 2. The molecule has 0 spiro atoms. The highest BCUT2D eigenvalue weighted by atomic mass is 32.2. The fraction of sp³-hybridized carbons (Fsp3) is 0.238. The van der Waals surface area contributed by atoms with Crippen LogP contribution in [0.25, 0.3) is 0 Å². The van der Waals surface area contributed by atoms with Gasteiger partial charge in [-0.25, -0.2) is 23.4 Å². The first kappa shape index (κ1) is 22.2. The molecule has 0 aliphatic rings. The van der Waals surface area contributed by atoms with E-state index in [0.717, 1.165) is 17.5 Å². The third-order valence-electron chi connectivity index (χ3n) is 4.54. The van der Waals surface area contributed by atoms with Crippen molar-refractivity contribution in [1.82, 2.24) is 15.0 Å². The maximum atomic E-state index is 12.1. The summed E-state index contributed by atoms with van der Waals surface area (Å²) in [5.74, 6) is 1.67. The van der Waals surface area contributed by atoms with Gasteiger partial charge in [-0.3, -0.25) is 9.10 Å². The number of anilines is 5. The van der Waals surface area contributed by atoms with Crippen LogP contribution in [0, 0.1) is 20.8 Å². The van der Waals surface area contributed by atoms with Gasteiger partial charge in [-0.1, -0.05) is 6.07 Å². The topological polar surface area (TPSA) is 117 Å². The highest BCUT2D eigenvalue weighted by Gasteiger charge is 2.17. The Bertz CT molecular complexity index is 1220. The van der Waals surface area contributed by atoms with E-state index in [0.29, 0.717) is 46.4 Å². The van der Waals surface area contributed by atoms with Crippen LogP contribution in [-0.2, 0) is 10.0 Å². The summed E-state index contributed by atoms with van der Waals surface area (Å²) in [6, 6.07) is 8.84. The number of nitrogens with one attached hydrogen (secondary N) is 2. The Balaban J connectivity index is 2.00. The second-order valence-electron chi connectivity index (χ2n) is 7.22. The first-order valence-corrected chi connectivity index (χ1v) is 11.3. The van der Waals surface area contributed by atoms with Crippen LogP contribution >= 0.6 is 0 Å². The van der Waals surface area contributed by atoms with Crippen LogP contribution in [0.2, 0.25) is 0 Å². The quantitative estimate of drug-likeness (QED) is 0.536. The lowest BCUT2D eigenvalue weighted by Gasteiger charge is -2.22. The van der Waals surface area contributed by atoms with Crippen molar-refractivity contribution in [1.29, 1.82) is 0 Å². The Hall–Kier alpha value is -3.53. The molecule has 0 aliphatic carbocycles. The van der Waals surface area contributed by atoms with E-state index in [1.807, 2.05) is 19.9 Å². The van der Waals surface area contributed by atoms with E-state index in [1.54, 1.807) is 31.2 Å². The van der Waals surface area contributed by atoms with E-state index in [9.17, 15) is 13.2 Å². The lowest BCUT2D eigenvalue weighted by atomic mass is 10.1. The van der Waals surface area contributed by atoms with Crippen molar-refractivity contribution in [3.05, 3.63) is 59.2 Å². The molecule has 2 heterocycles. The number of nitrogens with zero attached hydrogens (tertiary/aromatic N) is 4. The molecule has 10 heteroatoms. The number of rotatable bonds is 7. The maximum absolute atomic E-state index is 12.1. The van der Waals surface area contributed by atoms with E-state index < -0.39 is 10.0 Å². The molecule has 2 aromatic heterocycles. The second kappa shape index (κ2) is 8.68. The van der Waals surface area contributed by atoms with Gasteiger partial charge in [0, 0.05) is 31.1 Å². The Morgan fingerprint density at radius 2 is 1.71 bits per heavy atom. The molecule has 1 aromatic carbocycles. The lowest BCUT2D eigenvalue weighted by molar-refractivity contribution is 0.112. The van der Waals surface area contributed by atoms with Crippen LogP contribution in [0.4, 0.5) is 28.7 Å². The summed E-state index contributed by atoms with van der Waals surface area (Å²) >= 11 is 0. The summed E-state index contributed by atoms with van der Waals surface area (Å²) < 4.78 is 25.4. The lowest BCUT2D eigenvalue weighted by Crippen LogP contribution is -2.25. The molecule has 0 saturated carbocycles. The summed E-state index contributed by atoms with van der Waals surface area (Å²) in [7, 11) is -1.99. The first-order chi connectivity index (χ1) is 14.6. The number of hydrogen-bond acceptors (Lipinski definition) is 8. The Labute approximate surface area is 181 Å². The van der Waals surface area contributed by atoms with Crippen molar-refractivity contribution in [3.63, 3.8) is 0 Å². The number of pyridine rings is 1. The third kappa shape index (κ3) is 5.34. The van der Waals surface area contributed by atoms with Crippen LogP contribution in [0.1, 0.15) is 27.4 Å². The minimum absolute atomic E-state index is 0.328. The summed E-state index contributed by atoms with van der Waals surface area (Å²) in [6.07, 6.45) is 3.26. The largest absolute Gasteiger partial charge is 0.353 e. The standard InChI is InChI=1S/C21H24N6O3S/c1-13-6-7-17(19(8-13)27(4)31(5,29)30)25-18-10-20(22-11-16(18)12-28)26-21-9-14(2)23-15(3)24-21/h6-12H,1-5H3,(H2,22,23,24,25,26). The molecule has 0 fully saturated rings. The molecule has 0 unspecified atom stereocenters. The van der Waals surface area contributed by atoms with E-state index in [2.05, 4.69) is 25.6 Å². The SMILES string of the molecule is Cc1ccc(Nc2cc(Nc3cc(C)nc(C)n3)ncc2C=O)c(N(C)S(C)(=O)=O)c1. The van der Waals surface area contributed by atoms with Gasteiger partial charge in [0.15, 0.2) is 6.29 Å². The molecule has 3 rings (SSSR count). The molecule has 0 bridgehead atoms. The minimum Gasteiger partial charge on any atom is -0.353 e. The molecule has 9 nitrogen and oxygen atoms in total. The van der Waals surface area contributed by atoms with Gasteiger partial charge in [-0.05, 0) is 38.5 Å². The average molecular weight is 441 g/mol. The van der Waals surface area contributed by atoms with Gasteiger partial charge in [0.25, 0.3) is 0 Å². The summed E-state index contributed by atoms with van der Waals surface area (Å²) in [5.41, 5.74) is 3.51. The molecular formula is C21H24N6O3S. The molecule has 2 N–H and O–H groups in total. The van der Waals surface area contributed by atoms with Gasteiger partial charge < -0.3 is 10.6 Å². The van der Waals surface area contributed by atoms with E-state index in [-0.39, 0.29) is 0 Å². The molecule has 0 radical (unpaired) electrons. The predicted molar refractivity (Wildman–Crippen MR) is 122 cm³/mol. The van der Waals surface area contributed by atoms with Gasteiger partial charge in [0.2, 0.25) is 10.0 Å². The van der Waals surface area contributed by atoms with Gasteiger partial charge in [-0.15, -0.1) is 0 Å². The number of sulfonamides is 1. The van der Waals surface area contributed by atoms with Crippen molar-refractivity contribution in [2.45, 2.75) is 20.8 Å². The molecule has 0 amide bonds. The van der Waals surface area contributed by atoms with Gasteiger partial charge in [0.1, 0.15) is 17.5 Å². The van der Waals surface area contributed by atoms with Crippen molar-refractivity contribution in [2.75, 3.05) is 28.2 Å². The minimum atomic E-state index is -3.48. The Morgan fingerprint density at radius 1 is 0.968 bits per heavy atom. The van der Waals surface area contributed by atoms with E-state index in [4.69, 9.17) is 0 Å². The second-order valence-corrected chi connectivity index (χ2v) is 9.23. The fourth-order valence-corrected chi connectivity index (χ4v) is 3.49. The van der Waals surface area contributed by atoms with Crippen molar-refractivity contribution in [3.8, 4) is 0 Å². The number of aromatic nitrogens is 3. The van der Waals surface area contributed by atoms with Gasteiger partial charge in [-0.2, -0.15) is 0 Å². The summed E-state index contributed by atoms with van der Waals surface area (Å²) in [6.45, 7) is 5.54. The first-order valence-electron chi connectivity index (χ1n) is 9.43. The molecule has 162 valence electrons. The molecular weight excluding hydrogens is 416 g/mol. The fourth-order valence-electron chi connectivity index (χ4n) is 2.98. The highest BCUT2D eigenvalue weighted by molar-refractivity contribution is 7.92. The van der Waals surface area contributed by atoms with E-state index >= 15 is 0 Å². The molecule has 0 aliphatic heterocycles. The average Bonchev–Trinajstić information content (AvgIpc) is 2.67. The van der Waals surface area contributed by atoms with Crippen molar-refractivity contribution < 1.29 is 13.2 Å². The zero-order chi connectivity index (χ0) is 22.8. The normalized spacial score (nSPS) is 11.1. The van der Waals surface area contributed by atoms with Crippen molar-refractivity contribution in [2.24, 2.45) is 0 Å². The van der Waals surface area contributed by atoms with E-state index in [1.165, 1.54) is 17.5 Å². The van der Waals surface area contributed by atoms with Crippen LogP contribution in [0.5, 0.6) is 0 Å². The van der Waals surface area contributed by atoms with Crippen LogP contribution in [0.15, 0.2) is 36.5 Å². The van der Waals surface area contributed by atoms with Crippen LogP contribution in [0.3, 0.4) is 0 Å². The molecule has 0 saturated heterocycles. The Kier molecular flexibility index (Phi) is 6.21. The van der Waals surface area contributed by atoms with Crippen LogP contribution < -0.4 is 14.9 Å². The number of carbonyl (C=O) groups is 1. The maximum Gasteiger partial charge on any atom is 0.232 e. The summed E-state index contributed by atoms with van der Waals surface area (Å²) in [4.78, 5) is 24.4. The number of aryl methyl sites for hydroxylation is 3. The molecule has 0 atom stereocenters.